The van der Waals surface area contributed by atoms with Gasteiger partial charge in [0.05, 0.1) is 26.7 Å². The summed E-state index contributed by atoms with van der Waals surface area (Å²) in [7, 11) is 9.40. The monoisotopic (exact) mass is 268 g/mol. The van der Waals surface area contributed by atoms with Crippen molar-refractivity contribution in [3.8, 4) is 0 Å². The van der Waals surface area contributed by atoms with Crippen LogP contribution in [0.3, 0.4) is 0 Å². The molecule has 3 heteroatoms. The highest BCUT2D eigenvalue weighted by Crippen LogP contribution is 2.38. The Kier molecular flexibility index (Phi) is 4.59. The smallest absolute Gasteiger partial charge is 0.0803 e. The van der Waals surface area contributed by atoms with Gasteiger partial charge in [0.15, 0.2) is 0 Å². The molecule has 112 valence electrons. The Balaban J connectivity index is 2.16. The molecule has 0 bridgehead atoms. The van der Waals surface area contributed by atoms with Gasteiger partial charge in [-0.25, -0.2) is 0 Å². The van der Waals surface area contributed by atoms with Gasteiger partial charge in [0, 0.05) is 24.4 Å². The molecule has 0 spiro atoms. The van der Waals surface area contributed by atoms with Crippen molar-refractivity contribution in [2.45, 2.75) is 50.6 Å². The molecule has 2 rings (SSSR count). The molecule has 0 saturated carbocycles. The predicted molar refractivity (Wildman–Crippen MR) is 82.4 cm³/mol. The van der Waals surface area contributed by atoms with Gasteiger partial charge in [-0.2, -0.15) is 0 Å². The molecule has 0 aromatic heterocycles. The molecule has 0 radical (unpaired) electrons. The summed E-state index contributed by atoms with van der Waals surface area (Å²) in [6, 6.07) is 0.766. The normalized spacial score (nSPS) is 41.7. The molecular formula is C16H34N3+. The predicted octanol–water partition coefficient (Wildman–Crippen LogP) is 2.03. The third kappa shape index (κ3) is 2.84. The fraction of sp³-hybridized carbons (Fsp3) is 1.00. The molecule has 0 N–H and O–H groups in total. The van der Waals surface area contributed by atoms with Crippen molar-refractivity contribution in [2.24, 2.45) is 0 Å². The topological polar surface area (TPSA) is 6.48 Å². The SMILES string of the molecule is CC[N+]1(C)CCC(C2CCCCN2C)(N(C)C)CC1. The van der Waals surface area contributed by atoms with Gasteiger partial charge >= 0.3 is 0 Å². The van der Waals surface area contributed by atoms with Crippen molar-refractivity contribution in [2.75, 3.05) is 54.4 Å². The summed E-state index contributed by atoms with van der Waals surface area (Å²) in [6.07, 6.45) is 6.92. The van der Waals surface area contributed by atoms with Crippen LogP contribution in [-0.2, 0) is 0 Å². The van der Waals surface area contributed by atoms with Gasteiger partial charge in [-0.05, 0) is 47.5 Å². The lowest BCUT2D eigenvalue weighted by Gasteiger charge is -2.55. The Morgan fingerprint density at radius 2 is 1.84 bits per heavy atom. The summed E-state index contributed by atoms with van der Waals surface area (Å²) in [4.78, 5) is 5.20. The molecule has 2 aliphatic rings. The van der Waals surface area contributed by atoms with E-state index in [0.29, 0.717) is 5.54 Å². The maximum atomic E-state index is 2.64. The zero-order chi connectivity index (χ0) is 14.1. The van der Waals surface area contributed by atoms with Crippen LogP contribution in [0, 0.1) is 0 Å². The summed E-state index contributed by atoms with van der Waals surface area (Å²) in [6.45, 7) is 7.61. The standard InChI is InChI=1S/C16H34N3/c1-6-19(5)13-10-16(11-14-19,17(2)3)15-9-7-8-12-18(15)4/h15H,6-14H2,1-5H3/q+1. The Morgan fingerprint density at radius 3 is 2.32 bits per heavy atom. The van der Waals surface area contributed by atoms with Crippen LogP contribution >= 0.6 is 0 Å². The maximum Gasteiger partial charge on any atom is 0.0803 e. The van der Waals surface area contributed by atoms with Crippen molar-refractivity contribution in [1.82, 2.24) is 9.80 Å². The van der Waals surface area contributed by atoms with E-state index in [-0.39, 0.29) is 0 Å². The number of hydrogen-bond acceptors (Lipinski definition) is 2. The van der Waals surface area contributed by atoms with E-state index in [2.05, 4.69) is 44.9 Å². The van der Waals surface area contributed by atoms with Crippen LogP contribution < -0.4 is 0 Å². The first kappa shape index (κ1) is 15.3. The van der Waals surface area contributed by atoms with Crippen molar-refractivity contribution in [3.05, 3.63) is 0 Å². The van der Waals surface area contributed by atoms with Crippen molar-refractivity contribution < 1.29 is 4.48 Å². The molecule has 0 aromatic rings. The molecule has 2 heterocycles. The highest BCUT2D eigenvalue weighted by Gasteiger charge is 2.48. The van der Waals surface area contributed by atoms with Gasteiger partial charge in [0.2, 0.25) is 0 Å². The molecule has 2 saturated heterocycles. The lowest BCUT2D eigenvalue weighted by molar-refractivity contribution is -0.914. The molecular weight excluding hydrogens is 234 g/mol. The second-order valence-electron chi connectivity index (χ2n) is 7.37. The minimum Gasteiger partial charge on any atom is -0.326 e. The van der Waals surface area contributed by atoms with Crippen LogP contribution in [0.2, 0.25) is 0 Å². The Labute approximate surface area is 120 Å². The van der Waals surface area contributed by atoms with Gasteiger partial charge < -0.3 is 14.3 Å². The molecule has 0 aromatic carbocycles. The first-order valence-electron chi connectivity index (χ1n) is 8.15. The molecule has 2 fully saturated rings. The molecule has 1 unspecified atom stereocenters. The van der Waals surface area contributed by atoms with Gasteiger partial charge in [-0.15, -0.1) is 0 Å². The number of likely N-dealkylation sites (N-methyl/N-ethyl adjacent to an activating group) is 2. The van der Waals surface area contributed by atoms with E-state index in [9.17, 15) is 0 Å². The van der Waals surface area contributed by atoms with Crippen LogP contribution in [0.15, 0.2) is 0 Å². The fourth-order valence-electron chi connectivity index (χ4n) is 4.31. The fourth-order valence-corrected chi connectivity index (χ4v) is 4.31. The van der Waals surface area contributed by atoms with Crippen LogP contribution in [0.5, 0.6) is 0 Å². The molecule has 3 nitrogen and oxygen atoms in total. The van der Waals surface area contributed by atoms with Crippen molar-refractivity contribution in [1.29, 1.82) is 0 Å². The maximum absolute atomic E-state index is 2.64. The number of hydrogen-bond donors (Lipinski definition) is 0. The van der Waals surface area contributed by atoms with Crippen LogP contribution in [0.1, 0.15) is 39.0 Å². The van der Waals surface area contributed by atoms with Crippen molar-refractivity contribution >= 4 is 0 Å². The Morgan fingerprint density at radius 1 is 1.21 bits per heavy atom. The highest BCUT2D eigenvalue weighted by atomic mass is 15.4. The Bertz CT molecular complexity index is 292. The second kappa shape index (κ2) is 5.71. The highest BCUT2D eigenvalue weighted by molar-refractivity contribution is 5.01. The Hall–Kier alpha value is -0.120. The number of likely N-dealkylation sites (tertiary alicyclic amines) is 2. The van der Waals surface area contributed by atoms with E-state index in [4.69, 9.17) is 0 Å². The summed E-state index contributed by atoms with van der Waals surface area (Å²) in [5.41, 5.74) is 0.419. The summed E-state index contributed by atoms with van der Waals surface area (Å²) >= 11 is 0. The van der Waals surface area contributed by atoms with Crippen molar-refractivity contribution in [3.63, 3.8) is 0 Å². The van der Waals surface area contributed by atoms with E-state index >= 15 is 0 Å². The molecule has 0 aliphatic carbocycles. The number of quaternary nitrogens is 1. The molecule has 1 atom stereocenters. The first-order chi connectivity index (χ1) is 8.93. The lowest BCUT2D eigenvalue weighted by atomic mass is 9.75. The van der Waals surface area contributed by atoms with E-state index in [1.807, 2.05) is 0 Å². The average molecular weight is 268 g/mol. The zero-order valence-corrected chi connectivity index (χ0v) is 13.8. The van der Waals surface area contributed by atoms with Crippen LogP contribution in [0.4, 0.5) is 0 Å². The summed E-state index contributed by atoms with van der Waals surface area (Å²) in [5, 5.41) is 0. The van der Waals surface area contributed by atoms with E-state index < -0.39 is 0 Å². The second-order valence-corrected chi connectivity index (χ2v) is 7.37. The van der Waals surface area contributed by atoms with Crippen LogP contribution in [-0.4, -0.2) is 80.2 Å². The third-order valence-corrected chi connectivity index (χ3v) is 6.21. The number of nitrogens with zero attached hydrogens (tertiary/aromatic N) is 3. The molecule has 0 amide bonds. The van der Waals surface area contributed by atoms with Gasteiger partial charge in [-0.3, -0.25) is 0 Å². The quantitative estimate of drug-likeness (QED) is 0.723. The van der Waals surface area contributed by atoms with E-state index in [1.54, 1.807) is 0 Å². The average Bonchev–Trinajstić information content (AvgIpc) is 2.40. The minimum absolute atomic E-state index is 0.419. The van der Waals surface area contributed by atoms with Gasteiger partial charge in [0.25, 0.3) is 0 Å². The molecule has 2 aliphatic heterocycles. The summed E-state index contributed by atoms with van der Waals surface area (Å²) in [5.74, 6) is 0. The number of piperidine rings is 2. The molecule has 19 heavy (non-hydrogen) atoms. The van der Waals surface area contributed by atoms with Gasteiger partial charge in [0.1, 0.15) is 0 Å². The largest absolute Gasteiger partial charge is 0.326 e. The first-order valence-corrected chi connectivity index (χ1v) is 8.15. The summed E-state index contributed by atoms with van der Waals surface area (Å²) < 4.78 is 1.27. The third-order valence-electron chi connectivity index (χ3n) is 6.21. The van der Waals surface area contributed by atoms with Gasteiger partial charge in [-0.1, -0.05) is 6.42 Å². The lowest BCUT2D eigenvalue weighted by Crippen LogP contribution is -2.67. The minimum atomic E-state index is 0.419. The van der Waals surface area contributed by atoms with E-state index in [0.717, 1.165) is 6.04 Å². The van der Waals surface area contributed by atoms with E-state index in [1.165, 1.54) is 62.8 Å². The van der Waals surface area contributed by atoms with Crippen LogP contribution in [0.25, 0.3) is 0 Å². The zero-order valence-electron chi connectivity index (χ0n) is 13.8. The number of rotatable bonds is 3.